The van der Waals surface area contributed by atoms with E-state index in [-0.39, 0.29) is 0 Å². The molecule has 0 bridgehead atoms. The van der Waals surface area contributed by atoms with Crippen LogP contribution in [0, 0.1) is 5.92 Å². The Morgan fingerprint density at radius 1 is 1.50 bits per heavy atom. The van der Waals surface area contributed by atoms with Crippen LogP contribution in [-0.2, 0) is 0 Å². The highest BCUT2D eigenvalue weighted by Gasteiger charge is 2.17. The lowest BCUT2D eigenvalue weighted by atomic mass is 10.1. The van der Waals surface area contributed by atoms with Crippen LogP contribution in [0.3, 0.4) is 0 Å². The second-order valence-electron chi connectivity index (χ2n) is 4.93. The second-order valence-corrected chi connectivity index (χ2v) is 4.93. The molecule has 0 spiro atoms. The van der Waals surface area contributed by atoms with Crippen molar-refractivity contribution in [2.75, 3.05) is 43.4 Å². The van der Waals surface area contributed by atoms with Crippen LogP contribution in [0.1, 0.15) is 19.8 Å². The molecule has 1 fully saturated rings. The van der Waals surface area contributed by atoms with Crippen molar-refractivity contribution in [2.45, 2.75) is 19.8 Å². The molecule has 1 saturated heterocycles. The first-order chi connectivity index (χ1) is 8.79. The van der Waals surface area contributed by atoms with Crippen molar-refractivity contribution >= 4 is 11.6 Å². The molecule has 0 saturated carbocycles. The van der Waals surface area contributed by atoms with Crippen LogP contribution in [-0.4, -0.2) is 43.2 Å². The molecule has 1 aromatic heterocycles. The Hall–Kier alpha value is -1.36. The van der Waals surface area contributed by atoms with Crippen LogP contribution >= 0.6 is 0 Å². The molecule has 100 valence electrons. The molecule has 0 aromatic carbocycles. The highest BCUT2D eigenvalue weighted by molar-refractivity contribution is 5.47. The summed E-state index contributed by atoms with van der Waals surface area (Å²) in [6.07, 6.45) is 4.00. The van der Waals surface area contributed by atoms with Crippen LogP contribution in [0.4, 0.5) is 11.6 Å². The van der Waals surface area contributed by atoms with Gasteiger partial charge in [0.25, 0.3) is 0 Å². The standard InChI is InChI=1S/C13H23N5/c1-3-5-15-12-7-13(17-10-16-12)18(2)9-11-4-6-14-8-11/h7,10-11,14H,3-6,8-9H2,1-2H3,(H,15,16,17). The van der Waals surface area contributed by atoms with Crippen molar-refractivity contribution in [1.29, 1.82) is 0 Å². The smallest absolute Gasteiger partial charge is 0.133 e. The van der Waals surface area contributed by atoms with Gasteiger partial charge in [-0.2, -0.15) is 0 Å². The largest absolute Gasteiger partial charge is 0.370 e. The zero-order valence-electron chi connectivity index (χ0n) is 11.3. The molecule has 1 atom stereocenters. The van der Waals surface area contributed by atoms with Gasteiger partial charge in [0.15, 0.2) is 0 Å². The molecule has 1 aliphatic heterocycles. The van der Waals surface area contributed by atoms with Gasteiger partial charge in [-0.3, -0.25) is 0 Å². The van der Waals surface area contributed by atoms with Crippen molar-refractivity contribution < 1.29 is 0 Å². The SMILES string of the molecule is CCCNc1cc(N(C)CC2CCNC2)ncn1. The van der Waals surface area contributed by atoms with E-state index in [9.17, 15) is 0 Å². The van der Waals surface area contributed by atoms with E-state index in [0.717, 1.165) is 50.2 Å². The van der Waals surface area contributed by atoms with Crippen LogP contribution in [0.5, 0.6) is 0 Å². The first-order valence-electron chi connectivity index (χ1n) is 6.77. The Morgan fingerprint density at radius 2 is 2.39 bits per heavy atom. The predicted octanol–water partition coefficient (Wildman–Crippen LogP) is 1.34. The molecule has 2 rings (SSSR count). The minimum Gasteiger partial charge on any atom is -0.370 e. The van der Waals surface area contributed by atoms with Crippen molar-refractivity contribution in [3.8, 4) is 0 Å². The quantitative estimate of drug-likeness (QED) is 0.797. The van der Waals surface area contributed by atoms with E-state index < -0.39 is 0 Å². The Morgan fingerprint density at radius 3 is 3.11 bits per heavy atom. The molecule has 2 heterocycles. The molecule has 18 heavy (non-hydrogen) atoms. The summed E-state index contributed by atoms with van der Waals surface area (Å²) in [5, 5.41) is 6.69. The van der Waals surface area contributed by atoms with Gasteiger partial charge in [0, 0.05) is 26.2 Å². The fourth-order valence-electron chi connectivity index (χ4n) is 2.26. The van der Waals surface area contributed by atoms with E-state index in [4.69, 9.17) is 0 Å². The minimum absolute atomic E-state index is 0.733. The number of aromatic nitrogens is 2. The summed E-state index contributed by atoms with van der Waals surface area (Å²) in [5.41, 5.74) is 0. The highest BCUT2D eigenvalue weighted by Crippen LogP contribution is 2.16. The van der Waals surface area contributed by atoms with Crippen molar-refractivity contribution in [3.05, 3.63) is 12.4 Å². The molecule has 0 radical (unpaired) electrons. The third-order valence-corrected chi connectivity index (χ3v) is 3.29. The maximum absolute atomic E-state index is 4.34. The van der Waals surface area contributed by atoms with Crippen LogP contribution in [0.25, 0.3) is 0 Å². The van der Waals surface area contributed by atoms with Gasteiger partial charge < -0.3 is 15.5 Å². The van der Waals surface area contributed by atoms with E-state index in [2.05, 4.69) is 39.5 Å². The van der Waals surface area contributed by atoms with Crippen LogP contribution in [0.15, 0.2) is 12.4 Å². The van der Waals surface area contributed by atoms with E-state index in [1.54, 1.807) is 6.33 Å². The minimum atomic E-state index is 0.733. The maximum atomic E-state index is 4.34. The first-order valence-corrected chi connectivity index (χ1v) is 6.77. The molecule has 2 N–H and O–H groups in total. The molecular formula is C13H23N5. The van der Waals surface area contributed by atoms with Crippen LogP contribution in [0.2, 0.25) is 0 Å². The van der Waals surface area contributed by atoms with E-state index in [0.29, 0.717) is 0 Å². The monoisotopic (exact) mass is 249 g/mol. The summed E-state index contributed by atoms with van der Waals surface area (Å²) in [6.45, 7) is 6.42. The molecule has 0 aliphatic carbocycles. The number of nitrogens with one attached hydrogen (secondary N) is 2. The van der Waals surface area contributed by atoms with Gasteiger partial charge in [0.2, 0.25) is 0 Å². The maximum Gasteiger partial charge on any atom is 0.133 e. The number of rotatable bonds is 6. The summed E-state index contributed by atoms with van der Waals surface area (Å²) < 4.78 is 0. The fraction of sp³-hybridized carbons (Fsp3) is 0.692. The Balaban J connectivity index is 1.93. The summed E-state index contributed by atoms with van der Waals surface area (Å²) in [4.78, 5) is 10.8. The summed E-state index contributed by atoms with van der Waals surface area (Å²) in [7, 11) is 2.10. The van der Waals surface area contributed by atoms with Crippen LogP contribution < -0.4 is 15.5 Å². The van der Waals surface area contributed by atoms with Gasteiger partial charge in [-0.05, 0) is 31.8 Å². The number of hydrogen-bond donors (Lipinski definition) is 2. The lowest BCUT2D eigenvalue weighted by Gasteiger charge is -2.21. The number of anilines is 2. The first kappa shape index (κ1) is 13.1. The highest BCUT2D eigenvalue weighted by atomic mass is 15.2. The van der Waals surface area contributed by atoms with Crippen molar-refractivity contribution in [2.24, 2.45) is 5.92 Å². The Labute approximate surface area is 109 Å². The third kappa shape index (κ3) is 3.57. The summed E-state index contributed by atoms with van der Waals surface area (Å²) in [5.74, 6) is 2.64. The van der Waals surface area contributed by atoms with Crippen molar-refractivity contribution in [3.63, 3.8) is 0 Å². The number of hydrogen-bond acceptors (Lipinski definition) is 5. The Bertz CT molecular complexity index is 362. The number of nitrogens with zero attached hydrogens (tertiary/aromatic N) is 3. The molecule has 1 aromatic rings. The summed E-state index contributed by atoms with van der Waals surface area (Å²) in [6, 6.07) is 2.03. The summed E-state index contributed by atoms with van der Waals surface area (Å²) >= 11 is 0. The molecule has 5 heteroatoms. The lowest BCUT2D eigenvalue weighted by molar-refractivity contribution is 0.575. The van der Waals surface area contributed by atoms with Gasteiger partial charge in [0.1, 0.15) is 18.0 Å². The van der Waals surface area contributed by atoms with Gasteiger partial charge in [-0.25, -0.2) is 9.97 Å². The van der Waals surface area contributed by atoms with E-state index in [1.165, 1.54) is 6.42 Å². The average Bonchev–Trinajstić information content (AvgIpc) is 2.89. The second kappa shape index (κ2) is 6.54. The lowest BCUT2D eigenvalue weighted by Crippen LogP contribution is -2.27. The van der Waals surface area contributed by atoms with E-state index >= 15 is 0 Å². The van der Waals surface area contributed by atoms with Gasteiger partial charge in [-0.15, -0.1) is 0 Å². The molecule has 1 aliphatic rings. The predicted molar refractivity (Wildman–Crippen MR) is 75.1 cm³/mol. The molecule has 1 unspecified atom stereocenters. The van der Waals surface area contributed by atoms with Gasteiger partial charge in [-0.1, -0.05) is 6.92 Å². The van der Waals surface area contributed by atoms with Crippen molar-refractivity contribution in [1.82, 2.24) is 15.3 Å². The molecular weight excluding hydrogens is 226 g/mol. The fourth-order valence-corrected chi connectivity index (χ4v) is 2.26. The molecule has 5 nitrogen and oxygen atoms in total. The topological polar surface area (TPSA) is 53.1 Å². The third-order valence-electron chi connectivity index (χ3n) is 3.29. The average molecular weight is 249 g/mol. The zero-order valence-corrected chi connectivity index (χ0v) is 11.3. The van der Waals surface area contributed by atoms with Gasteiger partial charge >= 0.3 is 0 Å². The zero-order chi connectivity index (χ0) is 12.8. The normalized spacial score (nSPS) is 18.9. The van der Waals surface area contributed by atoms with E-state index in [1.807, 2.05) is 6.07 Å². The van der Waals surface area contributed by atoms with Gasteiger partial charge in [0.05, 0.1) is 0 Å². The Kier molecular flexibility index (Phi) is 4.75. The molecule has 0 amide bonds.